The molecule has 0 saturated carbocycles. The van der Waals surface area contributed by atoms with Crippen molar-refractivity contribution in [1.82, 2.24) is 15.3 Å². The minimum Gasteiger partial charge on any atom is -0.345 e. The Hall–Kier alpha value is -1.61. The average Bonchev–Trinajstić information content (AvgIpc) is 2.78. The van der Waals surface area contributed by atoms with Gasteiger partial charge >= 0.3 is 0 Å². The van der Waals surface area contributed by atoms with E-state index in [9.17, 15) is 0 Å². The van der Waals surface area contributed by atoms with Crippen LogP contribution in [0, 0.1) is 12.8 Å². The van der Waals surface area contributed by atoms with Crippen LogP contribution in [0.2, 0.25) is 0 Å². The number of hydrogen-bond donors (Lipinski definition) is 2. The van der Waals surface area contributed by atoms with Gasteiger partial charge in [-0.15, -0.1) is 0 Å². The standard InChI is InChI=1S/C16H23N3/c1-11(2)14(10-17-4)16-18-12(3)15(19-16)13-8-6-5-7-9-13/h5-9,11,14,17H,10H2,1-4H3,(H,18,19). The van der Waals surface area contributed by atoms with Gasteiger partial charge in [-0.25, -0.2) is 4.98 Å². The first-order valence-corrected chi connectivity index (χ1v) is 6.90. The number of rotatable bonds is 5. The first-order valence-electron chi connectivity index (χ1n) is 6.90. The summed E-state index contributed by atoms with van der Waals surface area (Å²) < 4.78 is 0. The van der Waals surface area contributed by atoms with E-state index in [1.54, 1.807) is 0 Å². The molecule has 0 fully saturated rings. The number of aromatic nitrogens is 2. The number of nitrogens with zero attached hydrogens (tertiary/aromatic N) is 1. The third-order valence-corrected chi connectivity index (χ3v) is 3.53. The number of aromatic amines is 1. The number of likely N-dealkylation sites (N-methyl/N-ethyl adjacent to an activating group) is 1. The highest BCUT2D eigenvalue weighted by Crippen LogP contribution is 2.27. The fraction of sp³-hybridized carbons (Fsp3) is 0.438. The van der Waals surface area contributed by atoms with E-state index in [2.05, 4.69) is 55.3 Å². The first-order chi connectivity index (χ1) is 9.13. The lowest BCUT2D eigenvalue weighted by atomic mass is 9.95. The summed E-state index contributed by atoms with van der Waals surface area (Å²) in [6.45, 7) is 7.51. The predicted molar refractivity (Wildman–Crippen MR) is 80.3 cm³/mol. The minimum absolute atomic E-state index is 0.418. The number of aryl methyl sites for hydroxylation is 1. The predicted octanol–water partition coefficient (Wildman–Crippen LogP) is 3.34. The maximum absolute atomic E-state index is 4.82. The summed E-state index contributed by atoms with van der Waals surface area (Å²) in [5, 5.41) is 3.26. The van der Waals surface area contributed by atoms with Crippen LogP contribution in [0.1, 0.15) is 31.3 Å². The van der Waals surface area contributed by atoms with Crippen molar-refractivity contribution in [1.29, 1.82) is 0 Å². The second kappa shape index (κ2) is 6.02. The van der Waals surface area contributed by atoms with Crippen LogP contribution >= 0.6 is 0 Å². The molecule has 1 aromatic carbocycles. The van der Waals surface area contributed by atoms with Crippen LogP contribution in [0.25, 0.3) is 11.3 Å². The molecule has 0 saturated heterocycles. The Morgan fingerprint density at radius 3 is 2.47 bits per heavy atom. The molecule has 19 heavy (non-hydrogen) atoms. The molecule has 0 spiro atoms. The lowest BCUT2D eigenvalue weighted by molar-refractivity contribution is 0.461. The summed E-state index contributed by atoms with van der Waals surface area (Å²) in [5.41, 5.74) is 3.38. The monoisotopic (exact) mass is 257 g/mol. The van der Waals surface area contributed by atoms with Gasteiger partial charge in [0.25, 0.3) is 0 Å². The molecule has 0 aliphatic rings. The number of benzene rings is 1. The van der Waals surface area contributed by atoms with Gasteiger partial charge in [-0.05, 0) is 19.9 Å². The van der Waals surface area contributed by atoms with Gasteiger partial charge < -0.3 is 10.3 Å². The van der Waals surface area contributed by atoms with Crippen LogP contribution in [-0.2, 0) is 0 Å². The Morgan fingerprint density at radius 1 is 1.21 bits per heavy atom. The van der Waals surface area contributed by atoms with E-state index in [1.165, 1.54) is 5.56 Å². The zero-order valence-electron chi connectivity index (χ0n) is 12.2. The molecule has 102 valence electrons. The van der Waals surface area contributed by atoms with Crippen molar-refractivity contribution in [3.05, 3.63) is 41.9 Å². The molecule has 0 aliphatic carbocycles. The highest BCUT2D eigenvalue weighted by Gasteiger charge is 2.20. The van der Waals surface area contributed by atoms with E-state index in [0.29, 0.717) is 11.8 Å². The molecule has 2 rings (SSSR count). The molecule has 2 N–H and O–H groups in total. The number of imidazole rings is 1. The topological polar surface area (TPSA) is 40.7 Å². The number of hydrogen-bond acceptors (Lipinski definition) is 2. The second-order valence-electron chi connectivity index (χ2n) is 5.37. The van der Waals surface area contributed by atoms with Gasteiger partial charge in [-0.3, -0.25) is 0 Å². The zero-order chi connectivity index (χ0) is 13.8. The Balaban J connectivity index is 2.35. The van der Waals surface area contributed by atoms with E-state index in [1.807, 2.05) is 13.1 Å². The molecule has 1 heterocycles. The average molecular weight is 257 g/mol. The van der Waals surface area contributed by atoms with Crippen molar-refractivity contribution in [3.63, 3.8) is 0 Å². The zero-order valence-corrected chi connectivity index (χ0v) is 12.2. The van der Waals surface area contributed by atoms with Crippen molar-refractivity contribution in [2.24, 2.45) is 5.92 Å². The molecule has 3 nitrogen and oxygen atoms in total. The van der Waals surface area contributed by atoms with Crippen molar-refractivity contribution >= 4 is 0 Å². The summed E-state index contributed by atoms with van der Waals surface area (Å²) in [4.78, 5) is 8.28. The van der Waals surface area contributed by atoms with E-state index in [0.717, 1.165) is 23.8 Å². The number of nitrogens with one attached hydrogen (secondary N) is 2. The first kappa shape index (κ1) is 13.8. The van der Waals surface area contributed by atoms with Crippen molar-refractivity contribution in [2.45, 2.75) is 26.7 Å². The van der Waals surface area contributed by atoms with Crippen molar-refractivity contribution in [2.75, 3.05) is 13.6 Å². The molecule has 2 aromatic rings. The summed E-state index contributed by atoms with van der Waals surface area (Å²) in [6, 6.07) is 10.3. The van der Waals surface area contributed by atoms with Crippen molar-refractivity contribution in [3.8, 4) is 11.3 Å². The van der Waals surface area contributed by atoms with Gasteiger partial charge in [0, 0.05) is 23.7 Å². The molecule has 1 unspecified atom stereocenters. The minimum atomic E-state index is 0.418. The van der Waals surface area contributed by atoms with Crippen LogP contribution in [0.15, 0.2) is 30.3 Å². The van der Waals surface area contributed by atoms with Gasteiger partial charge in [0.1, 0.15) is 5.82 Å². The maximum atomic E-state index is 4.82. The molecule has 1 aromatic heterocycles. The summed E-state index contributed by atoms with van der Waals surface area (Å²) in [5.74, 6) is 2.06. The molecule has 0 aliphatic heterocycles. The fourth-order valence-electron chi connectivity index (χ4n) is 2.40. The molecule has 3 heteroatoms. The lowest BCUT2D eigenvalue weighted by Gasteiger charge is -2.17. The quantitative estimate of drug-likeness (QED) is 0.862. The highest BCUT2D eigenvalue weighted by atomic mass is 15.0. The molecule has 0 radical (unpaired) electrons. The second-order valence-corrected chi connectivity index (χ2v) is 5.37. The van der Waals surface area contributed by atoms with Gasteiger partial charge in [0.05, 0.1) is 5.69 Å². The smallest absolute Gasteiger partial charge is 0.111 e. The van der Waals surface area contributed by atoms with E-state index in [4.69, 9.17) is 4.98 Å². The summed E-state index contributed by atoms with van der Waals surface area (Å²) >= 11 is 0. The highest BCUT2D eigenvalue weighted by molar-refractivity contribution is 5.61. The molecule has 1 atom stereocenters. The van der Waals surface area contributed by atoms with E-state index < -0.39 is 0 Å². The Morgan fingerprint density at radius 2 is 1.89 bits per heavy atom. The SMILES string of the molecule is CNCC(c1nc(-c2ccccc2)c(C)[nH]1)C(C)C. The number of H-pyrrole nitrogens is 1. The Labute approximate surface area is 115 Å². The summed E-state index contributed by atoms with van der Waals surface area (Å²) in [7, 11) is 1.99. The van der Waals surface area contributed by atoms with Gasteiger partial charge in [-0.1, -0.05) is 44.2 Å². The van der Waals surface area contributed by atoms with Crippen LogP contribution in [0.4, 0.5) is 0 Å². The molecular formula is C16H23N3. The van der Waals surface area contributed by atoms with Gasteiger partial charge in [-0.2, -0.15) is 0 Å². The molecule has 0 bridgehead atoms. The largest absolute Gasteiger partial charge is 0.345 e. The van der Waals surface area contributed by atoms with Crippen molar-refractivity contribution < 1.29 is 0 Å². The normalized spacial score (nSPS) is 12.9. The molecule has 0 amide bonds. The fourth-order valence-corrected chi connectivity index (χ4v) is 2.40. The van der Waals surface area contributed by atoms with Crippen LogP contribution in [0.5, 0.6) is 0 Å². The lowest BCUT2D eigenvalue weighted by Crippen LogP contribution is -2.22. The van der Waals surface area contributed by atoms with Crippen LogP contribution in [-0.4, -0.2) is 23.6 Å². The van der Waals surface area contributed by atoms with Crippen LogP contribution in [0.3, 0.4) is 0 Å². The summed E-state index contributed by atoms with van der Waals surface area (Å²) in [6.07, 6.45) is 0. The Kier molecular flexibility index (Phi) is 4.38. The molecular weight excluding hydrogens is 234 g/mol. The van der Waals surface area contributed by atoms with Gasteiger partial charge in [0.15, 0.2) is 0 Å². The third-order valence-electron chi connectivity index (χ3n) is 3.53. The maximum Gasteiger partial charge on any atom is 0.111 e. The van der Waals surface area contributed by atoms with E-state index >= 15 is 0 Å². The van der Waals surface area contributed by atoms with E-state index in [-0.39, 0.29) is 0 Å². The van der Waals surface area contributed by atoms with Crippen LogP contribution < -0.4 is 5.32 Å². The Bertz CT molecular complexity index is 514. The van der Waals surface area contributed by atoms with Gasteiger partial charge in [0.2, 0.25) is 0 Å². The third kappa shape index (κ3) is 3.04.